The van der Waals surface area contributed by atoms with E-state index in [0.29, 0.717) is 0 Å². The van der Waals surface area contributed by atoms with Crippen LogP contribution in [0.5, 0.6) is 0 Å². The summed E-state index contributed by atoms with van der Waals surface area (Å²) in [5.41, 5.74) is 13.2. The second-order valence-corrected chi connectivity index (χ2v) is 16.7. The molecular formula is C46H34Cl2Zr. The van der Waals surface area contributed by atoms with Crippen LogP contribution in [0.4, 0.5) is 0 Å². The van der Waals surface area contributed by atoms with Gasteiger partial charge in [-0.15, -0.1) is 0 Å². The fourth-order valence-electron chi connectivity index (χ4n) is 7.24. The van der Waals surface area contributed by atoms with Crippen molar-refractivity contribution in [1.29, 1.82) is 0 Å². The van der Waals surface area contributed by atoms with E-state index >= 15 is 0 Å². The van der Waals surface area contributed by atoms with Crippen molar-refractivity contribution in [2.75, 3.05) is 0 Å². The van der Waals surface area contributed by atoms with Crippen LogP contribution in [0.3, 0.4) is 0 Å². The molecule has 3 heteroatoms. The first kappa shape index (κ1) is 34.6. The van der Waals surface area contributed by atoms with E-state index in [-0.39, 0.29) is 31.1 Å². The molecule has 0 amide bonds. The minimum absolute atomic E-state index is 0. The molecule has 6 aromatic carbocycles. The van der Waals surface area contributed by atoms with E-state index in [1.807, 2.05) is 0 Å². The van der Waals surface area contributed by atoms with Crippen LogP contribution in [0.1, 0.15) is 33.4 Å². The maximum atomic E-state index is 2.63. The van der Waals surface area contributed by atoms with Crippen molar-refractivity contribution in [3.63, 3.8) is 0 Å². The molecule has 0 radical (unpaired) electrons. The maximum absolute atomic E-state index is 2.63. The first-order valence-corrected chi connectivity index (χ1v) is 18.7. The van der Waals surface area contributed by atoms with Gasteiger partial charge in [0.1, 0.15) is 0 Å². The molecule has 0 aromatic heterocycles. The number of hydrogen-bond acceptors (Lipinski definition) is 0. The Morgan fingerprint density at radius 2 is 0.571 bits per heavy atom. The van der Waals surface area contributed by atoms with Crippen LogP contribution in [0.15, 0.2) is 206 Å². The minimum atomic E-state index is -1.64. The zero-order chi connectivity index (χ0) is 31.5. The number of rotatable bonds is 8. The molecule has 6 aromatic rings. The molecule has 2 unspecified atom stereocenters. The fourth-order valence-corrected chi connectivity index (χ4v) is 13.1. The Kier molecular flexibility index (Phi) is 10.7. The summed E-state index contributed by atoms with van der Waals surface area (Å²) in [6.45, 7) is 0. The Morgan fingerprint density at radius 3 is 0.878 bits per heavy atom. The summed E-state index contributed by atoms with van der Waals surface area (Å²) in [6.07, 6.45) is 10.2. The fraction of sp³-hybridized carbons (Fsp3) is 0.0435. The molecule has 2 atom stereocenters. The molecule has 0 spiro atoms. The summed E-state index contributed by atoms with van der Waals surface area (Å²) in [5.74, 6) is 0. The van der Waals surface area contributed by atoms with Crippen molar-refractivity contribution in [3.05, 3.63) is 240 Å². The van der Waals surface area contributed by atoms with Crippen molar-refractivity contribution in [3.8, 4) is 0 Å². The zero-order valence-electron chi connectivity index (χ0n) is 26.9. The van der Waals surface area contributed by atoms with Crippen LogP contribution >= 0.6 is 0 Å². The number of benzene rings is 6. The van der Waals surface area contributed by atoms with Crippen molar-refractivity contribution in [2.45, 2.75) is 6.25 Å². The second-order valence-electron chi connectivity index (χ2n) is 12.3. The first-order valence-electron chi connectivity index (χ1n) is 16.3. The number of allylic oxidation sites excluding steroid dienone is 8. The predicted molar refractivity (Wildman–Crippen MR) is 194 cm³/mol. The Labute approximate surface area is 314 Å². The number of halogens is 2. The zero-order valence-corrected chi connectivity index (χ0v) is 30.9. The molecule has 2 aliphatic carbocycles. The molecule has 0 nitrogen and oxygen atoms in total. The Balaban J connectivity index is 0.00000208. The first-order chi connectivity index (χ1) is 23.3. The molecule has 0 saturated carbocycles. The quantitative estimate of drug-likeness (QED) is 0.200. The molecular weight excluding hydrogens is 715 g/mol. The van der Waals surface area contributed by atoms with Gasteiger partial charge in [-0.2, -0.15) is 0 Å². The van der Waals surface area contributed by atoms with E-state index in [9.17, 15) is 0 Å². The van der Waals surface area contributed by atoms with Crippen LogP contribution < -0.4 is 24.8 Å². The summed E-state index contributed by atoms with van der Waals surface area (Å²) in [5, 5.41) is 0. The van der Waals surface area contributed by atoms with E-state index < -0.39 is 23.2 Å². The smallest absolute Gasteiger partial charge is 1.00 e. The predicted octanol–water partition coefficient (Wildman–Crippen LogP) is 5.23. The van der Waals surface area contributed by atoms with E-state index in [0.717, 1.165) is 0 Å². The van der Waals surface area contributed by atoms with E-state index in [4.69, 9.17) is 0 Å². The van der Waals surface area contributed by atoms with Gasteiger partial charge in [0, 0.05) is 0 Å². The third-order valence-corrected chi connectivity index (χ3v) is 14.8. The molecule has 0 N–H and O–H groups in total. The van der Waals surface area contributed by atoms with Gasteiger partial charge >= 0.3 is 291 Å². The van der Waals surface area contributed by atoms with Gasteiger partial charge in [0.15, 0.2) is 0 Å². The largest absolute Gasteiger partial charge is 1.00 e. The summed E-state index contributed by atoms with van der Waals surface area (Å²) in [4.78, 5) is 0. The van der Waals surface area contributed by atoms with Gasteiger partial charge in [0.25, 0.3) is 0 Å². The molecule has 0 bridgehead atoms. The van der Waals surface area contributed by atoms with Gasteiger partial charge in [-0.3, -0.25) is 0 Å². The summed E-state index contributed by atoms with van der Waals surface area (Å²) in [7, 11) is 0. The van der Waals surface area contributed by atoms with Crippen LogP contribution in [-0.2, 0) is 29.5 Å². The molecule has 49 heavy (non-hydrogen) atoms. The topological polar surface area (TPSA) is 0 Å². The summed E-state index contributed by atoms with van der Waals surface area (Å²) in [6, 6.07) is 66.7. The monoisotopic (exact) mass is 746 g/mol. The molecule has 0 heterocycles. The van der Waals surface area contributed by atoms with Crippen molar-refractivity contribution in [1.82, 2.24) is 0 Å². The third-order valence-electron chi connectivity index (χ3n) is 9.43. The Bertz CT molecular complexity index is 1970. The standard InChI is InChI=1S/2C23H17.2ClH.Zr/c2*1-4-10-18(11-5-1)21-16-22(19-12-6-2-7-13-19)23(17-21)20-14-8-3-9-15-20;;;/h2*1-17H;2*1H;/q;;;;+2/p-2. The van der Waals surface area contributed by atoms with Gasteiger partial charge in [-0.05, 0) is 0 Å². The number of hydrogen-bond donors (Lipinski definition) is 0. The van der Waals surface area contributed by atoms with Crippen LogP contribution in [0, 0.1) is 0 Å². The van der Waals surface area contributed by atoms with E-state index in [1.165, 1.54) is 55.7 Å². The normalized spacial score (nSPS) is 19.3. The van der Waals surface area contributed by atoms with Gasteiger partial charge in [-0.1, -0.05) is 0 Å². The molecule has 0 saturated heterocycles. The van der Waals surface area contributed by atoms with Gasteiger partial charge in [0.2, 0.25) is 0 Å². The molecule has 0 aliphatic heterocycles. The minimum Gasteiger partial charge on any atom is -1.00 e. The van der Waals surface area contributed by atoms with Gasteiger partial charge in [-0.25, -0.2) is 0 Å². The van der Waals surface area contributed by atoms with Crippen molar-refractivity contribution >= 4 is 22.3 Å². The molecule has 8 rings (SSSR count). The van der Waals surface area contributed by atoms with E-state index in [1.54, 1.807) is 0 Å². The van der Waals surface area contributed by atoms with Crippen LogP contribution in [0.2, 0.25) is 0 Å². The van der Waals surface area contributed by atoms with Gasteiger partial charge in [0.05, 0.1) is 0 Å². The summed E-state index contributed by atoms with van der Waals surface area (Å²) < 4.78 is -0.521. The average molecular weight is 749 g/mol. The van der Waals surface area contributed by atoms with Crippen LogP contribution in [-0.4, -0.2) is 0 Å². The van der Waals surface area contributed by atoms with Crippen molar-refractivity contribution in [2.24, 2.45) is 0 Å². The third kappa shape index (κ3) is 6.57. The maximum Gasteiger partial charge on any atom is -1.00 e. The average Bonchev–Trinajstić information content (AvgIpc) is 3.75. The SMILES string of the molecule is C1=C(c2ccccc2)C=C(c2ccccc2)[C]1([Zr+2][C]1(c2ccccc2)C=C(c2ccccc2)C=C1c1ccccc1)c1ccccc1.[Cl-].[Cl-]. The molecule has 0 fully saturated rings. The molecule has 236 valence electrons. The summed E-state index contributed by atoms with van der Waals surface area (Å²) >= 11 is -1.64. The molecule has 2 aliphatic rings. The van der Waals surface area contributed by atoms with Gasteiger partial charge < -0.3 is 24.8 Å². The second kappa shape index (κ2) is 15.1. The van der Waals surface area contributed by atoms with E-state index in [2.05, 4.69) is 206 Å². The Hall–Kier alpha value is -4.26. The van der Waals surface area contributed by atoms with Crippen molar-refractivity contribution < 1.29 is 48.0 Å². The van der Waals surface area contributed by atoms with Crippen LogP contribution in [0.25, 0.3) is 22.3 Å². The Morgan fingerprint density at radius 1 is 0.306 bits per heavy atom.